The van der Waals surface area contributed by atoms with Gasteiger partial charge >= 0.3 is 0 Å². The fourth-order valence-corrected chi connectivity index (χ4v) is 5.09. The van der Waals surface area contributed by atoms with Crippen molar-refractivity contribution < 1.29 is 0 Å². The molecule has 0 aliphatic carbocycles. The van der Waals surface area contributed by atoms with Crippen molar-refractivity contribution >= 4 is 46.2 Å². The second kappa shape index (κ2) is 4.75. The summed E-state index contributed by atoms with van der Waals surface area (Å²) in [6.45, 7) is 0. The highest BCUT2D eigenvalue weighted by molar-refractivity contribution is 7.99. The third-order valence-electron chi connectivity index (χ3n) is 1.90. The lowest BCUT2D eigenvalue weighted by molar-refractivity contribution is 1.53. The van der Waals surface area contributed by atoms with Gasteiger partial charge in [-0.2, -0.15) is 0 Å². The Morgan fingerprint density at radius 2 is 1.29 bits per heavy atom. The van der Waals surface area contributed by atoms with Crippen LogP contribution in [0.2, 0.25) is 0 Å². The molecule has 0 saturated carbocycles. The molecule has 0 radical (unpaired) electrons. The predicted molar refractivity (Wildman–Crippen MR) is 71.2 cm³/mol. The highest BCUT2D eigenvalue weighted by Gasteiger charge is 2.11. The van der Waals surface area contributed by atoms with E-state index >= 15 is 0 Å². The SMILES string of the molecule is CSc1ccsc1-c1sccc1SC. The van der Waals surface area contributed by atoms with Crippen LogP contribution >= 0.6 is 46.2 Å². The number of hydrogen-bond acceptors (Lipinski definition) is 4. The van der Waals surface area contributed by atoms with Crippen molar-refractivity contribution in [1.82, 2.24) is 0 Å². The summed E-state index contributed by atoms with van der Waals surface area (Å²) in [4.78, 5) is 5.65. The van der Waals surface area contributed by atoms with E-state index in [1.165, 1.54) is 19.5 Å². The second-order valence-electron chi connectivity index (χ2n) is 2.64. The summed E-state index contributed by atoms with van der Waals surface area (Å²) in [5, 5.41) is 4.34. The van der Waals surface area contributed by atoms with Crippen molar-refractivity contribution in [2.24, 2.45) is 0 Å². The molecule has 2 rings (SSSR count). The summed E-state index contributed by atoms with van der Waals surface area (Å²) in [5.74, 6) is 0. The van der Waals surface area contributed by atoms with Crippen LogP contribution in [0.3, 0.4) is 0 Å². The number of thioether (sulfide) groups is 2. The summed E-state index contributed by atoms with van der Waals surface area (Å²) in [5.41, 5.74) is 0. The van der Waals surface area contributed by atoms with E-state index in [0.717, 1.165) is 0 Å². The van der Waals surface area contributed by atoms with E-state index in [4.69, 9.17) is 0 Å². The maximum absolute atomic E-state index is 2.20. The first-order valence-corrected chi connectivity index (χ1v) is 8.31. The molecule has 0 aliphatic heterocycles. The van der Waals surface area contributed by atoms with E-state index in [1.807, 2.05) is 46.2 Å². The van der Waals surface area contributed by atoms with Crippen LogP contribution in [0.1, 0.15) is 0 Å². The molecule has 2 aromatic rings. The van der Waals surface area contributed by atoms with Crippen molar-refractivity contribution in [1.29, 1.82) is 0 Å². The minimum Gasteiger partial charge on any atom is -0.142 e. The van der Waals surface area contributed by atoms with Crippen molar-refractivity contribution in [3.63, 3.8) is 0 Å². The molecule has 0 nitrogen and oxygen atoms in total. The Hall–Kier alpha value is 0.1000. The molecule has 0 fully saturated rings. The third-order valence-corrected chi connectivity index (χ3v) is 5.72. The smallest absolute Gasteiger partial charge is 0.0589 e. The number of rotatable bonds is 3. The van der Waals surface area contributed by atoms with Gasteiger partial charge < -0.3 is 0 Å². The van der Waals surface area contributed by atoms with Crippen molar-refractivity contribution in [3.05, 3.63) is 22.9 Å². The van der Waals surface area contributed by atoms with Gasteiger partial charge in [-0.1, -0.05) is 0 Å². The first-order chi connectivity index (χ1) is 6.86. The van der Waals surface area contributed by atoms with Crippen LogP contribution in [-0.2, 0) is 0 Å². The molecule has 4 heteroatoms. The normalized spacial score (nSPS) is 10.7. The zero-order valence-corrected chi connectivity index (χ0v) is 11.2. The molecule has 0 unspecified atom stereocenters. The minimum absolute atomic E-state index is 1.40. The van der Waals surface area contributed by atoms with Crippen LogP contribution in [0.4, 0.5) is 0 Å². The average molecular weight is 258 g/mol. The average Bonchev–Trinajstić information content (AvgIpc) is 2.85. The largest absolute Gasteiger partial charge is 0.142 e. The van der Waals surface area contributed by atoms with E-state index in [2.05, 4.69) is 35.4 Å². The van der Waals surface area contributed by atoms with E-state index in [9.17, 15) is 0 Å². The summed E-state index contributed by atoms with van der Waals surface area (Å²) >= 11 is 7.33. The van der Waals surface area contributed by atoms with Gasteiger partial charge in [-0.05, 0) is 35.4 Å². The third kappa shape index (κ3) is 1.89. The maximum atomic E-state index is 2.20. The van der Waals surface area contributed by atoms with E-state index in [1.54, 1.807) is 0 Å². The van der Waals surface area contributed by atoms with E-state index < -0.39 is 0 Å². The summed E-state index contributed by atoms with van der Waals surface area (Å²) < 4.78 is 0. The van der Waals surface area contributed by atoms with Crippen LogP contribution in [0.15, 0.2) is 32.7 Å². The highest BCUT2D eigenvalue weighted by atomic mass is 32.2. The summed E-state index contributed by atoms with van der Waals surface area (Å²) in [7, 11) is 0. The minimum atomic E-state index is 1.40. The van der Waals surface area contributed by atoms with Gasteiger partial charge in [0.25, 0.3) is 0 Å². The Balaban J connectivity index is 2.48. The lowest BCUT2D eigenvalue weighted by Gasteiger charge is -2.00. The van der Waals surface area contributed by atoms with Gasteiger partial charge in [-0.3, -0.25) is 0 Å². The first kappa shape index (κ1) is 10.6. The summed E-state index contributed by atoms with van der Waals surface area (Å²) in [6, 6.07) is 4.41. The van der Waals surface area contributed by atoms with Crippen LogP contribution in [-0.4, -0.2) is 12.5 Å². The molecule has 0 aliphatic rings. The van der Waals surface area contributed by atoms with Crippen LogP contribution in [0.25, 0.3) is 9.75 Å². The molecule has 74 valence electrons. The molecule has 2 heterocycles. The van der Waals surface area contributed by atoms with Crippen molar-refractivity contribution in [2.45, 2.75) is 9.79 Å². The molecule has 0 N–H and O–H groups in total. The molecule has 0 spiro atoms. The Bertz CT molecular complexity index is 373. The highest BCUT2D eigenvalue weighted by Crippen LogP contribution is 2.42. The lowest BCUT2D eigenvalue weighted by atomic mass is 10.4. The lowest BCUT2D eigenvalue weighted by Crippen LogP contribution is -1.71. The molecular weight excluding hydrogens is 248 g/mol. The fraction of sp³-hybridized carbons (Fsp3) is 0.200. The molecule has 0 saturated heterocycles. The Labute approximate surface area is 101 Å². The van der Waals surface area contributed by atoms with Gasteiger partial charge in [0.1, 0.15) is 0 Å². The van der Waals surface area contributed by atoms with Gasteiger partial charge in [0.2, 0.25) is 0 Å². The van der Waals surface area contributed by atoms with Gasteiger partial charge in [-0.25, -0.2) is 0 Å². The maximum Gasteiger partial charge on any atom is 0.0589 e. The molecular formula is C10H10S4. The molecule has 2 aromatic heterocycles. The standard InChI is InChI=1S/C10H10S4/c1-11-7-3-5-13-9(7)10-8(12-2)4-6-14-10/h3-6H,1-2H3. The van der Waals surface area contributed by atoms with Crippen LogP contribution < -0.4 is 0 Å². The van der Waals surface area contributed by atoms with E-state index in [-0.39, 0.29) is 0 Å². The number of thiophene rings is 2. The molecule has 0 aromatic carbocycles. The Kier molecular flexibility index (Phi) is 3.60. The number of hydrogen-bond donors (Lipinski definition) is 0. The first-order valence-electron chi connectivity index (χ1n) is 4.10. The van der Waals surface area contributed by atoms with Crippen molar-refractivity contribution in [2.75, 3.05) is 12.5 Å². The molecule has 0 bridgehead atoms. The topological polar surface area (TPSA) is 0 Å². The van der Waals surface area contributed by atoms with E-state index in [0.29, 0.717) is 0 Å². The van der Waals surface area contributed by atoms with Crippen LogP contribution in [0, 0.1) is 0 Å². The quantitative estimate of drug-likeness (QED) is 0.717. The molecule has 0 atom stereocenters. The Morgan fingerprint density at radius 3 is 1.64 bits per heavy atom. The Morgan fingerprint density at radius 1 is 0.857 bits per heavy atom. The van der Waals surface area contributed by atoms with Gasteiger partial charge in [-0.15, -0.1) is 46.2 Å². The zero-order valence-electron chi connectivity index (χ0n) is 7.94. The second-order valence-corrected chi connectivity index (χ2v) is 6.16. The van der Waals surface area contributed by atoms with Crippen molar-refractivity contribution in [3.8, 4) is 9.75 Å². The predicted octanol–water partition coefficient (Wildman–Crippen LogP) is 4.92. The summed E-state index contributed by atoms with van der Waals surface area (Å²) in [6.07, 6.45) is 4.27. The van der Waals surface area contributed by atoms with Crippen LogP contribution in [0.5, 0.6) is 0 Å². The van der Waals surface area contributed by atoms with Gasteiger partial charge in [0.15, 0.2) is 0 Å². The van der Waals surface area contributed by atoms with Gasteiger partial charge in [0, 0.05) is 9.79 Å². The molecule has 0 amide bonds. The molecule has 14 heavy (non-hydrogen) atoms. The zero-order chi connectivity index (χ0) is 9.97. The van der Waals surface area contributed by atoms with Gasteiger partial charge in [0.05, 0.1) is 9.75 Å². The monoisotopic (exact) mass is 258 g/mol. The fourth-order valence-electron chi connectivity index (χ4n) is 1.25.